The lowest BCUT2D eigenvalue weighted by Gasteiger charge is -2.16. The van der Waals surface area contributed by atoms with Crippen LogP contribution in [-0.4, -0.2) is 24.5 Å². The Labute approximate surface area is 170 Å². The van der Waals surface area contributed by atoms with Crippen molar-refractivity contribution in [2.24, 2.45) is 0 Å². The van der Waals surface area contributed by atoms with Gasteiger partial charge in [0, 0.05) is 5.69 Å². The molecule has 3 heterocycles. The van der Waals surface area contributed by atoms with E-state index in [-0.39, 0.29) is 5.56 Å². The monoisotopic (exact) mass is 402 g/mol. The van der Waals surface area contributed by atoms with Gasteiger partial charge in [0.05, 0.1) is 28.1 Å². The van der Waals surface area contributed by atoms with E-state index in [2.05, 4.69) is 31.3 Å². The van der Waals surface area contributed by atoms with Gasteiger partial charge in [-0.05, 0) is 37.1 Å². The molecule has 0 spiro atoms. The predicted molar refractivity (Wildman–Crippen MR) is 116 cm³/mol. The Morgan fingerprint density at radius 3 is 2.79 bits per heavy atom. The summed E-state index contributed by atoms with van der Waals surface area (Å²) in [5.41, 5.74) is 4.64. The molecule has 2 aromatic carbocycles. The highest BCUT2D eigenvalue weighted by Crippen LogP contribution is 2.29. The van der Waals surface area contributed by atoms with Crippen LogP contribution in [-0.2, 0) is 6.54 Å². The molecule has 2 N–H and O–H groups in total. The number of nitrogens with one attached hydrogen (secondary N) is 2. The zero-order valence-corrected chi connectivity index (χ0v) is 16.7. The minimum absolute atomic E-state index is 0.336. The van der Waals surface area contributed by atoms with Crippen LogP contribution < -0.4 is 10.9 Å². The number of nitrogens with zero attached hydrogens (tertiary/aromatic N) is 4. The molecule has 0 saturated carbocycles. The van der Waals surface area contributed by atoms with Gasteiger partial charge in [0.2, 0.25) is 5.95 Å². The summed E-state index contributed by atoms with van der Waals surface area (Å²) in [6.45, 7) is 4.56. The lowest BCUT2D eigenvalue weighted by atomic mass is 10.2. The summed E-state index contributed by atoms with van der Waals surface area (Å²) in [7, 11) is 0. The molecule has 0 aliphatic carbocycles. The summed E-state index contributed by atoms with van der Waals surface area (Å²) in [5, 5.41) is 4.38. The van der Waals surface area contributed by atoms with Gasteiger partial charge in [0.25, 0.3) is 0 Å². The van der Waals surface area contributed by atoms with E-state index in [0.717, 1.165) is 32.0 Å². The lowest BCUT2D eigenvalue weighted by molar-refractivity contribution is 0.801. The van der Waals surface area contributed by atoms with Crippen molar-refractivity contribution in [1.29, 1.82) is 0 Å². The minimum atomic E-state index is -0.336. The molecule has 29 heavy (non-hydrogen) atoms. The average molecular weight is 402 g/mol. The molecule has 0 fully saturated rings. The lowest BCUT2D eigenvalue weighted by Crippen LogP contribution is -2.18. The van der Waals surface area contributed by atoms with E-state index >= 15 is 0 Å². The topological polar surface area (TPSA) is 88.5 Å². The third-order valence-corrected chi connectivity index (χ3v) is 5.76. The van der Waals surface area contributed by atoms with Crippen molar-refractivity contribution in [3.63, 3.8) is 0 Å². The van der Waals surface area contributed by atoms with Crippen LogP contribution in [0.15, 0.2) is 53.6 Å². The first kappa shape index (κ1) is 17.6. The van der Waals surface area contributed by atoms with Crippen LogP contribution in [0.1, 0.15) is 16.1 Å². The third kappa shape index (κ3) is 3.17. The minimum Gasteiger partial charge on any atom is -0.339 e. The van der Waals surface area contributed by atoms with Crippen LogP contribution in [0.25, 0.3) is 21.4 Å². The van der Waals surface area contributed by atoms with E-state index in [1.54, 1.807) is 11.3 Å². The molecule has 7 nitrogen and oxygen atoms in total. The van der Waals surface area contributed by atoms with Gasteiger partial charge in [-0.1, -0.05) is 30.3 Å². The van der Waals surface area contributed by atoms with Gasteiger partial charge in [-0.2, -0.15) is 4.98 Å². The van der Waals surface area contributed by atoms with Gasteiger partial charge >= 0.3 is 5.56 Å². The summed E-state index contributed by atoms with van der Waals surface area (Å²) in [6.07, 6.45) is 1.52. The van der Waals surface area contributed by atoms with E-state index in [9.17, 15) is 4.79 Å². The van der Waals surface area contributed by atoms with Crippen LogP contribution in [0.5, 0.6) is 0 Å². The molecule has 0 atom stereocenters. The molecule has 0 amide bonds. The van der Waals surface area contributed by atoms with Crippen LogP contribution in [0.2, 0.25) is 0 Å². The van der Waals surface area contributed by atoms with Gasteiger partial charge < -0.3 is 10.3 Å². The molecule has 0 radical (unpaired) electrons. The number of fused-ring (bicyclic) bond motifs is 2. The molecule has 144 valence electrons. The Balaban J connectivity index is 1.65. The fourth-order valence-corrected chi connectivity index (χ4v) is 4.27. The molecule has 3 aromatic heterocycles. The normalized spacial score (nSPS) is 11.4. The van der Waals surface area contributed by atoms with Crippen molar-refractivity contribution < 1.29 is 0 Å². The third-order valence-electron chi connectivity index (χ3n) is 4.82. The second kappa shape index (κ2) is 6.82. The van der Waals surface area contributed by atoms with E-state index in [0.29, 0.717) is 23.7 Å². The molecule has 0 bridgehead atoms. The van der Waals surface area contributed by atoms with Crippen molar-refractivity contribution in [3.8, 4) is 0 Å². The largest absolute Gasteiger partial charge is 0.339 e. The highest BCUT2D eigenvalue weighted by Gasteiger charge is 2.15. The first-order valence-electron chi connectivity index (χ1n) is 9.21. The number of benzene rings is 2. The maximum absolute atomic E-state index is 12.5. The molecule has 8 heteroatoms. The standard InChI is InChI=1S/C21H18N6OS/c1-12-8-16-17(29-13(2)24-16)9-15(12)25-21-26-20(28)18-19(23-11-22-18)27(21)10-14-6-4-3-5-7-14/h3-9,11H,10H2,1-2H3,(H,22,23)(H,25,26,28). The van der Waals surface area contributed by atoms with Crippen molar-refractivity contribution >= 4 is 44.4 Å². The van der Waals surface area contributed by atoms with Gasteiger partial charge in [0.1, 0.15) is 0 Å². The first-order chi connectivity index (χ1) is 14.1. The molecular formula is C21H18N6OS. The highest BCUT2D eigenvalue weighted by molar-refractivity contribution is 7.18. The number of H-pyrrole nitrogens is 1. The van der Waals surface area contributed by atoms with E-state index in [4.69, 9.17) is 0 Å². The number of thiazole rings is 1. The molecule has 0 saturated heterocycles. The smallest absolute Gasteiger partial charge is 0.300 e. The predicted octanol–water partition coefficient (Wildman–Crippen LogP) is 4.14. The number of rotatable bonds is 4. The number of imidazole rings is 1. The second-order valence-electron chi connectivity index (χ2n) is 6.91. The number of hydrogen-bond donors (Lipinski definition) is 2. The van der Waals surface area contributed by atoms with Crippen LogP contribution >= 0.6 is 11.3 Å². The first-order valence-corrected chi connectivity index (χ1v) is 10.0. The molecular weight excluding hydrogens is 384 g/mol. The summed E-state index contributed by atoms with van der Waals surface area (Å²) in [6, 6.07) is 14.1. The van der Waals surface area contributed by atoms with Crippen LogP contribution in [0.4, 0.5) is 11.6 Å². The molecule has 0 aliphatic rings. The van der Waals surface area contributed by atoms with Gasteiger partial charge in [0.15, 0.2) is 11.2 Å². The summed E-state index contributed by atoms with van der Waals surface area (Å²) < 4.78 is 3.01. The number of aromatic nitrogens is 5. The second-order valence-corrected chi connectivity index (χ2v) is 8.14. The van der Waals surface area contributed by atoms with E-state index in [1.165, 1.54) is 6.33 Å². The van der Waals surface area contributed by atoms with Crippen molar-refractivity contribution in [1.82, 2.24) is 24.5 Å². The van der Waals surface area contributed by atoms with Crippen LogP contribution in [0, 0.1) is 13.8 Å². The van der Waals surface area contributed by atoms with E-state index in [1.807, 2.05) is 54.8 Å². The van der Waals surface area contributed by atoms with Gasteiger partial charge in [-0.3, -0.25) is 9.36 Å². The molecule has 0 aliphatic heterocycles. The average Bonchev–Trinajstić information content (AvgIpc) is 3.32. The Morgan fingerprint density at radius 1 is 1.14 bits per heavy atom. The number of anilines is 2. The number of aromatic amines is 1. The summed E-state index contributed by atoms with van der Waals surface area (Å²) in [5.74, 6) is 0.460. The Morgan fingerprint density at radius 2 is 1.97 bits per heavy atom. The fourth-order valence-electron chi connectivity index (χ4n) is 3.42. The van der Waals surface area contributed by atoms with Crippen LogP contribution in [0.3, 0.4) is 0 Å². The maximum atomic E-state index is 12.5. The van der Waals surface area contributed by atoms with E-state index < -0.39 is 0 Å². The quantitative estimate of drug-likeness (QED) is 0.472. The SMILES string of the molecule is Cc1nc2cc(C)c(Nc3nc(=O)c4[nH]cnc4n3Cc3ccccc3)cc2s1. The Hall–Kier alpha value is -3.52. The zero-order valence-electron chi connectivity index (χ0n) is 15.9. The Kier molecular flexibility index (Phi) is 4.13. The molecule has 5 rings (SSSR count). The number of aryl methyl sites for hydroxylation is 2. The fraction of sp³-hybridized carbons (Fsp3) is 0.143. The van der Waals surface area contributed by atoms with Gasteiger partial charge in [-0.25, -0.2) is 9.97 Å². The molecule has 5 aromatic rings. The van der Waals surface area contributed by atoms with Crippen molar-refractivity contribution in [3.05, 3.63) is 75.3 Å². The molecule has 0 unspecified atom stereocenters. The van der Waals surface area contributed by atoms with Crippen molar-refractivity contribution in [2.45, 2.75) is 20.4 Å². The maximum Gasteiger partial charge on any atom is 0.300 e. The Bertz CT molecular complexity index is 1400. The zero-order chi connectivity index (χ0) is 20.0. The highest BCUT2D eigenvalue weighted by atomic mass is 32.1. The number of hydrogen-bond acceptors (Lipinski definition) is 6. The summed E-state index contributed by atoms with van der Waals surface area (Å²) >= 11 is 1.64. The summed E-state index contributed by atoms with van der Waals surface area (Å²) in [4.78, 5) is 28.6. The van der Waals surface area contributed by atoms with Crippen molar-refractivity contribution in [2.75, 3.05) is 5.32 Å². The van der Waals surface area contributed by atoms with Gasteiger partial charge in [-0.15, -0.1) is 11.3 Å².